The monoisotopic (exact) mass is 259 g/mol. The highest BCUT2D eigenvalue weighted by Gasteiger charge is 2.23. The number of hydrogen-bond acceptors (Lipinski definition) is 4. The fourth-order valence-corrected chi connectivity index (χ4v) is 2.77. The van der Waals surface area contributed by atoms with Gasteiger partial charge in [-0.1, -0.05) is 0 Å². The molecule has 1 aromatic carbocycles. The summed E-state index contributed by atoms with van der Waals surface area (Å²) in [6, 6.07) is 5.14. The van der Waals surface area contributed by atoms with Gasteiger partial charge in [-0.25, -0.2) is 0 Å². The number of benzene rings is 1. The lowest BCUT2D eigenvalue weighted by atomic mass is 9.98. The first-order chi connectivity index (χ1) is 9.13. The van der Waals surface area contributed by atoms with Gasteiger partial charge in [0, 0.05) is 24.0 Å². The second-order valence-corrected chi connectivity index (χ2v) is 5.59. The first-order valence-corrected chi connectivity index (χ1v) is 6.83. The molecule has 1 aromatic heterocycles. The first-order valence-electron chi connectivity index (χ1n) is 6.83. The van der Waals surface area contributed by atoms with Crippen LogP contribution >= 0.6 is 0 Å². The number of anilines is 2. The Hall–Kier alpha value is -1.75. The van der Waals surface area contributed by atoms with Gasteiger partial charge in [-0.15, -0.1) is 0 Å². The van der Waals surface area contributed by atoms with Crippen molar-refractivity contribution >= 4 is 22.3 Å². The van der Waals surface area contributed by atoms with Gasteiger partial charge in [0.05, 0.1) is 23.1 Å². The smallest absolute Gasteiger partial charge is 0.0672 e. The number of likely N-dealkylation sites (tertiary alicyclic amines) is 1. The van der Waals surface area contributed by atoms with Crippen molar-refractivity contribution in [1.82, 2.24) is 15.1 Å². The number of nitrogens with two attached hydrogens (primary N) is 1. The van der Waals surface area contributed by atoms with E-state index in [2.05, 4.69) is 40.5 Å². The minimum Gasteiger partial charge on any atom is -0.397 e. The van der Waals surface area contributed by atoms with Crippen LogP contribution in [0.1, 0.15) is 19.8 Å². The second kappa shape index (κ2) is 4.74. The molecule has 0 saturated carbocycles. The molecule has 0 amide bonds. The number of rotatable bonds is 2. The quantitative estimate of drug-likeness (QED) is 0.722. The molecule has 1 aliphatic rings. The highest BCUT2D eigenvalue weighted by molar-refractivity contribution is 5.88. The van der Waals surface area contributed by atoms with Gasteiger partial charge >= 0.3 is 0 Å². The number of fused-ring (bicyclic) bond motifs is 1. The third kappa shape index (κ3) is 2.38. The van der Waals surface area contributed by atoms with Crippen LogP contribution in [0.5, 0.6) is 0 Å². The molecular formula is C14H21N5. The van der Waals surface area contributed by atoms with Gasteiger partial charge in [-0.3, -0.25) is 5.10 Å². The summed E-state index contributed by atoms with van der Waals surface area (Å²) in [4.78, 5) is 2.40. The standard InChI is InChI=1S/C14H21N5/c1-9-5-11(3-4-19(9)2)17-14-7-13-10(6-12(14)15)8-16-18-13/h6-9,11,17H,3-5,15H2,1-2H3,(H,16,18). The number of aromatic nitrogens is 2. The van der Waals surface area contributed by atoms with Crippen molar-refractivity contribution in [3.05, 3.63) is 18.3 Å². The van der Waals surface area contributed by atoms with E-state index in [4.69, 9.17) is 5.73 Å². The van der Waals surface area contributed by atoms with E-state index in [1.54, 1.807) is 6.20 Å². The summed E-state index contributed by atoms with van der Waals surface area (Å²) in [5.74, 6) is 0. The maximum atomic E-state index is 6.11. The van der Waals surface area contributed by atoms with E-state index in [-0.39, 0.29) is 0 Å². The fourth-order valence-electron chi connectivity index (χ4n) is 2.77. The molecular weight excluding hydrogens is 238 g/mol. The molecule has 4 N–H and O–H groups in total. The average Bonchev–Trinajstić information content (AvgIpc) is 2.81. The van der Waals surface area contributed by atoms with Crippen LogP contribution in [0, 0.1) is 0 Å². The van der Waals surface area contributed by atoms with E-state index in [0.29, 0.717) is 12.1 Å². The number of nitrogens with zero attached hydrogens (tertiary/aromatic N) is 2. The maximum absolute atomic E-state index is 6.11. The predicted octanol–water partition coefficient (Wildman–Crippen LogP) is 2.04. The van der Waals surface area contributed by atoms with Crippen molar-refractivity contribution in [1.29, 1.82) is 0 Å². The van der Waals surface area contributed by atoms with E-state index in [0.717, 1.165) is 41.7 Å². The van der Waals surface area contributed by atoms with Crippen molar-refractivity contribution in [3.8, 4) is 0 Å². The van der Waals surface area contributed by atoms with Gasteiger partial charge in [-0.2, -0.15) is 5.10 Å². The highest BCUT2D eigenvalue weighted by Crippen LogP contribution is 2.27. The zero-order valence-corrected chi connectivity index (χ0v) is 11.5. The van der Waals surface area contributed by atoms with Crippen LogP contribution in [-0.2, 0) is 0 Å². The Balaban J connectivity index is 1.79. The highest BCUT2D eigenvalue weighted by atomic mass is 15.1. The van der Waals surface area contributed by atoms with Crippen LogP contribution in [0.4, 0.5) is 11.4 Å². The average molecular weight is 259 g/mol. The van der Waals surface area contributed by atoms with Crippen LogP contribution in [0.3, 0.4) is 0 Å². The van der Waals surface area contributed by atoms with Gasteiger partial charge < -0.3 is 16.0 Å². The molecule has 1 aliphatic heterocycles. The van der Waals surface area contributed by atoms with Crippen LogP contribution in [0.25, 0.3) is 10.9 Å². The van der Waals surface area contributed by atoms with Crippen LogP contribution in [0.2, 0.25) is 0 Å². The molecule has 2 atom stereocenters. The lowest BCUT2D eigenvalue weighted by molar-refractivity contribution is 0.190. The lowest BCUT2D eigenvalue weighted by Gasteiger charge is -2.36. The number of aromatic amines is 1. The summed E-state index contributed by atoms with van der Waals surface area (Å²) in [6.45, 7) is 3.40. The molecule has 19 heavy (non-hydrogen) atoms. The Kier molecular flexibility index (Phi) is 3.06. The third-order valence-corrected chi connectivity index (χ3v) is 4.18. The Bertz CT molecular complexity index is 576. The van der Waals surface area contributed by atoms with E-state index in [9.17, 15) is 0 Å². The fraction of sp³-hybridized carbons (Fsp3) is 0.500. The largest absolute Gasteiger partial charge is 0.397 e. The number of piperidine rings is 1. The molecule has 0 bridgehead atoms. The number of hydrogen-bond donors (Lipinski definition) is 3. The minimum absolute atomic E-state index is 0.494. The number of nitrogen functional groups attached to an aromatic ring is 1. The van der Waals surface area contributed by atoms with Crippen LogP contribution in [-0.4, -0.2) is 40.8 Å². The van der Waals surface area contributed by atoms with Crippen molar-refractivity contribution in [2.45, 2.75) is 31.8 Å². The Morgan fingerprint density at radius 2 is 2.32 bits per heavy atom. The van der Waals surface area contributed by atoms with Gasteiger partial charge in [0.2, 0.25) is 0 Å². The zero-order valence-electron chi connectivity index (χ0n) is 11.5. The lowest BCUT2D eigenvalue weighted by Crippen LogP contribution is -2.42. The maximum Gasteiger partial charge on any atom is 0.0672 e. The molecule has 1 fully saturated rings. The topological polar surface area (TPSA) is 70.0 Å². The Morgan fingerprint density at radius 3 is 3.11 bits per heavy atom. The minimum atomic E-state index is 0.494. The number of nitrogens with one attached hydrogen (secondary N) is 2. The van der Waals surface area contributed by atoms with Crippen molar-refractivity contribution in [2.75, 3.05) is 24.6 Å². The van der Waals surface area contributed by atoms with Crippen molar-refractivity contribution < 1.29 is 0 Å². The summed E-state index contributed by atoms with van der Waals surface area (Å²) in [6.07, 6.45) is 4.10. The SMILES string of the molecule is CC1CC(Nc2cc3[nH]ncc3cc2N)CCN1C. The predicted molar refractivity (Wildman–Crippen MR) is 79.2 cm³/mol. The number of H-pyrrole nitrogens is 1. The van der Waals surface area contributed by atoms with E-state index >= 15 is 0 Å². The molecule has 102 valence electrons. The van der Waals surface area contributed by atoms with Gasteiger partial charge in [0.25, 0.3) is 0 Å². The van der Waals surface area contributed by atoms with Crippen LogP contribution < -0.4 is 11.1 Å². The van der Waals surface area contributed by atoms with Gasteiger partial charge in [0.15, 0.2) is 0 Å². The molecule has 1 saturated heterocycles. The van der Waals surface area contributed by atoms with Crippen molar-refractivity contribution in [2.24, 2.45) is 0 Å². The first kappa shape index (κ1) is 12.3. The summed E-state index contributed by atoms with van der Waals surface area (Å²) in [5, 5.41) is 11.7. The summed E-state index contributed by atoms with van der Waals surface area (Å²) >= 11 is 0. The summed E-state index contributed by atoms with van der Waals surface area (Å²) < 4.78 is 0. The molecule has 0 spiro atoms. The van der Waals surface area contributed by atoms with E-state index < -0.39 is 0 Å². The molecule has 0 aliphatic carbocycles. The summed E-state index contributed by atoms with van der Waals surface area (Å²) in [5.41, 5.74) is 8.94. The molecule has 0 radical (unpaired) electrons. The molecule has 2 aromatic rings. The molecule has 2 heterocycles. The second-order valence-electron chi connectivity index (χ2n) is 5.59. The van der Waals surface area contributed by atoms with Crippen LogP contribution in [0.15, 0.2) is 18.3 Å². The normalized spacial score (nSPS) is 24.7. The Labute approximate surface area is 113 Å². The Morgan fingerprint density at radius 1 is 1.47 bits per heavy atom. The molecule has 2 unspecified atom stereocenters. The van der Waals surface area contributed by atoms with E-state index in [1.165, 1.54) is 0 Å². The molecule has 3 rings (SSSR count). The molecule has 5 heteroatoms. The zero-order chi connectivity index (χ0) is 13.4. The van der Waals surface area contributed by atoms with Crippen molar-refractivity contribution in [3.63, 3.8) is 0 Å². The third-order valence-electron chi connectivity index (χ3n) is 4.18. The van der Waals surface area contributed by atoms with E-state index in [1.807, 2.05) is 6.07 Å². The summed E-state index contributed by atoms with van der Waals surface area (Å²) in [7, 11) is 2.19. The van der Waals surface area contributed by atoms with Gasteiger partial charge in [0.1, 0.15) is 0 Å². The van der Waals surface area contributed by atoms with Gasteiger partial charge in [-0.05, 0) is 38.9 Å². The molecule has 5 nitrogen and oxygen atoms in total.